The maximum absolute atomic E-state index is 11.2. The monoisotopic (exact) mass is 172 g/mol. The van der Waals surface area contributed by atoms with Crippen LogP contribution >= 0.6 is 11.6 Å². The molecule has 0 aromatic heterocycles. The van der Waals surface area contributed by atoms with Gasteiger partial charge in [0, 0.05) is 17.5 Å². The van der Waals surface area contributed by atoms with Gasteiger partial charge >= 0.3 is 0 Å². The number of carbonyl (C=O) groups is 1. The van der Waals surface area contributed by atoms with Crippen molar-refractivity contribution in [3.63, 3.8) is 0 Å². The summed E-state index contributed by atoms with van der Waals surface area (Å²) in [7, 11) is 0. The van der Waals surface area contributed by atoms with Gasteiger partial charge in [0.05, 0.1) is 0 Å². The van der Waals surface area contributed by atoms with E-state index in [0.29, 0.717) is 6.42 Å². The molecule has 0 spiro atoms. The van der Waals surface area contributed by atoms with Crippen LogP contribution in [0, 0.1) is 0 Å². The van der Waals surface area contributed by atoms with E-state index < -0.39 is 0 Å². The largest absolute Gasteiger partial charge is 0.295 e. The molecule has 0 amide bonds. The van der Waals surface area contributed by atoms with Crippen molar-refractivity contribution in [2.24, 2.45) is 0 Å². The molecule has 1 rings (SSSR count). The van der Waals surface area contributed by atoms with E-state index in [2.05, 4.69) is 0 Å². The second kappa shape index (κ2) is 4.55. The van der Waals surface area contributed by atoms with Crippen LogP contribution in [0.2, 0.25) is 0 Å². The lowest BCUT2D eigenvalue weighted by molar-refractivity contribution is -0.116. The van der Waals surface area contributed by atoms with Crippen LogP contribution in [0.4, 0.5) is 0 Å². The topological polar surface area (TPSA) is 17.1 Å². The van der Waals surface area contributed by atoms with Gasteiger partial charge in [-0.25, -0.2) is 0 Å². The lowest BCUT2D eigenvalue weighted by Crippen LogP contribution is -2.04. The van der Waals surface area contributed by atoms with Gasteiger partial charge in [0.1, 0.15) is 0 Å². The standard InChI is InChI=1S/C9H13ClO/c10-7-8-5-3-1-2-4-6-9(8)11/h7H,1-6H2/b8-7-. The van der Waals surface area contributed by atoms with Gasteiger partial charge in [-0.3, -0.25) is 4.79 Å². The molecular weight excluding hydrogens is 160 g/mol. The van der Waals surface area contributed by atoms with Crippen molar-refractivity contribution in [2.75, 3.05) is 0 Å². The van der Waals surface area contributed by atoms with Crippen molar-refractivity contribution < 1.29 is 4.79 Å². The first-order valence-electron chi connectivity index (χ1n) is 4.17. The molecule has 1 aliphatic carbocycles. The van der Waals surface area contributed by atoms with Gasteiger partial charge < -0.3 is 0 Å². The van der Waals surface area contributed by atoms with Gasteiger partial charge in [0.2, 0.25) is 0 Å². The summed E-state index contributed by atoms with van der Waals surface area (Å²) < 4.78 is 0. The summed E-state index contributed by atoms with van der Waals surface area (Å²) in [6.07, 6.45) is 6.15. The maximum atomic E-state index is 11.2. The number of carbonyl (C=O) groups excluding carboxylic acids is 1. The molecule has 2 heteroatoms. The minimum absolute atomic E-state index is 0.250. The number of hydrogen-bond donors (Lipinski definition) is 0. The molecule has 0 bridgehead atoms. The average Bonchev–Trinajstić information content (AvgIpc) is 1.98. The van der Waals surface area contributed by atoms with Gasteiger partial charge in [-0.2, -0.15) is 0 Å². The lowest BCUT2D eigenvalue weighted by atomic mass is 9.96. The van der Waals surface area contributed by atoms with Crippen LogP contribution in [0.1, 0.15) is 38.5 Å². The molecule has 0 N–H and O–H groups in total. The van der Waals surface area contributed by atoms with Crippen molar-refractivity contribution in [1.29, 1.82) is 0 Å². The molecule has 1 fully saturated rings. The fourth-order valence-electron chi connectivity index (χ4n) is 1.37. The van der Waals surface area contributed by atoms with Gasteiger partial charge in [-0.15, -0.1) is 0 Å². The zero-order chi connectivity index (χ0) is 8.10. The van der Waals surface area contributed by atoms with Gasteiger partial charge in [-0.05, 0) is 19.3 Å². The Morgan fingerprint density at radius 1 is 1.09 bits per heavy atom. The molecule has 0 saturated heterocycles. The van der Waals surface area contributed by atoms with Gasteiger partial charge in [-0.1, -0.05) is 24.4 Å². The maximum Gasteiger partial charge on any atom is 0.159 e. The van der Waals surface area contributed by atoms with Crippen molar-refractivity contribution in [1.82, 2.24) is 0 Å². The van der Waals surface area contributed by atoms with Crippen LogP contribution in [0.3, 0.4) is 0 Å². The summed E-state index contributed by atoms with van der Waals surface area (Å²) in [5, 5.41) is 0. The Kier molecular flexibility index (Phi) is 3.64. The van der Waals surface area contributed by atoms with Crippen LogP contribution < -0.4 is 0 Å². The molecule has 1 aliphatic rings. The highest BCUT2D eigenvalue weighted by molar-refractivity contribution is 6.27. The molecule has 1 nitrogen and oxygen atoms in total. The van der Waals surface area contributed by atoms with Crippen LogP contribution in [0.25, 0.3) is 0 Å². The minimum Gasteiger partial charge on any atom is -0.295 e. The fourth-order valence-corrected chi connectivity index (χ4v) is 1.60. The Bertz CT molecular complexity index is 172. The Labute approximate surface area is 72.4 Å². The summed E-state index contributed by atoms with van der Waals surface area (Å²) in [5.74, 6) is 0.250. The zero-order valence-corrected chi connectivity index (χ0v) is 7.36. The number of halogens is 1. The lowest BCUT2D eigenvalue weighted by Gasteiger charge is -2.09. The number of allylic oxidation sites excluding steroid dienone is 1. The quantitative estimate of drug-likeness (QED) is 0.514. The number of rotatable bonds is 0. The van der Waals surface area contributed by atoms with E-state index in [1.54, 1.807) is 0 Å². The fraction of sp³-hybridized carbons (Fsp3) is 0.667. The summed E-state index contributed by atoms with van der Waals surface area (Å²) in [6, 6.07) is 0. The Morgan fingerprint density at radius 2 is 1.73 bits per heavy atom. The summed E-state index contributed by atoms with van der Waals surface area (Å²) >= 11 is 5.52. The van der Waals surface area contributed by atoms with E-state index in [9.17, 15) is 4.79 Å². The van der Waals surface area contributed by atoms with Crippen LogP contribution in [-0.4, -0.2) is 5.78 Å². The third-order valence-electron chi connectivity index (χ3n) is 2.09. The third-order valence-corrected chi connectivity index (χ3v) is 2.35. The van der Waals surface area contributed by atoms with Gasteiger partial charge in [0.15, 0.2) is 5.78 Å². The van der Waals surface area contributed by atoms with Crippen molar-refractivity contribution >= 4 is 17.4 Å². The molecule has 0 atom stereocenters. The van der Waals surface area contributed by atoms with E-state index >= 15 is 0 Å². The summed E-state index contributed by atoms with van der Waals surface area (Å²) in [4.78, 5) is 11.2. The zero-order valence-electron chi connectivity index (χ0n) is 6.61. The second-order valence-electron chi connectivity index (χ2n) is 2.97. The summed E-state index contributed by atoms with van der Waals surface area (Å²) in [5.41, 5.74) is 2.28. The second-order valence-corrected chi connectivity index (χ2v) is 3.19. The summed E-state index contributed by atoms with van der Waals surface area (Å²) in [6.45, 7) is 0. The van der Waals surface area contributed by atoms with E-state index in [1.807, 2.05) is 0 Å². The number of Topliss-reactive ketones (excluding diaryl/α,β-unsaturated/α-hetero) is 1. The van der Waals surface area contributed by atoms with E-state index in [-0.39, 0.29) is 5.78 Å². The van der Waals surface area contributed by atoms with E-state index in [1.165, 1.54) is 18.4 Å². The Morgan fingerprint density at radius 3 is 2.36 bits per heavy atom. The molecule has 0 unspecified atom stereocenters. The van der Waals surface area contributed by atoms with Gasteiger partial charge in [0.25, 0.3) is 0 Å². The Hall–Kier alpha value is -0.300. The van der Waals surface area contributed by atoms with E-state index in [4.69, 9.17) is 11.6 Å². The predicted molar refractivity (Wildman–Crippen MR) is 46.6 cm³/mol. The molecule has 0 aromatic rings. The number of hydrogen-bond acceptors (Lipinski definition) is 1. The van der Waals surface area contributed by atoms with Crippen LogP contribution in [0.5, 0.6) is 0 Å². The third kappa shape index (κ3) is 2.66. The highest BCUT2D eigenvalue weighted by Crippen LogP contribution is 2.19. The smallest absolute Gasteiger partial charge is 0.159 e. The van der Waals surface area contributed by atoms with E-state index in [0.717, 1.165) is 24.8 Å². The molecule has 0 heterocycles. The highest BCUT2D eigenvalue weighted by atomic mass is 35.5. The predicted octanol–water partition coefficient (Wildman–Crippen LogP) is 3.03. The van der Waals surface area contributed by atoms with Crippen LogP contribution in [-0.2, 0) is 4.79 Å². The molecule has 0 aliphatic heterocycles. The van der Waals surface area contributed by atoms with Crippen molar-refractivity contribution in [2.45, 2.75) is 38.5 Å². The first-order valence-corrected chi connectivity index (χ1v) is 4.60. The molecule has 0 radical (unpaired) electrons. The molecule has 1 saturated carbocycles. The molecule has 62 valence electrons. The van der Waals surface area contributed by atoms with Crippen molar-refractivity contribution in [3.05, 3.63) is 11.1 Å². The highest BCUT2D eigenvalue weighted by Gasteiger charge is 2.10. The van der Waals surface area contributed by atoms with Crippen LogP contribution in [0.15, 0.2) is 11.1 Å². The minimum atomic E-state index is 0.250. The SMILES string of the molecule is O=C1CCCCCC/C1=C/Cl. The normalized spacial score (nSPS) is 24.8. The van der Waals surface area contributed by atoms with Crippen molar-refractivity contribution in [3.8, 4) is 0 Å². The first-order chi connectivity index (χ1) is 5.34. The Balaban J connectivity index is 2.53. The molecular formula is C9H13ClO. The molecule has 11 heavy (non-hydrogen) atoms. The average molecular weight is 173 g/mol. The number of ketones is 1. The first kappa shape index (κ1) is 8.79. The molecule has 0 aromatic carbocycles.